The summed E-state index contributed by atoms with van der Waals surface area (Å²) < 4.78 is 1.95. The van der Waals surface area contributed by atoms with Gasteiger partial charge in [0, 0.05) is 21.8 Å². The van der Waals surface area contributed by atoms with E-state index >= 15 is 0 Å². The van der Waals surface area contributed by atoms with Gasteiger partial charge in [0.2, 0.25) is 11.8 Å². The summed E-state index contributed by atoms with van der Waals surface area (Å²) in [7, 11) is 0. The Balaban J connectivity index is 1.62. The molecule has 1 atom stereocenters. The van der Waals surface area contributed by atoms with Crippen molar-refractivity contribution in [2.75, 3.05) is 5.32 Å². The molecular formula is C25H22ClN5O2S. The number of hydrogen-bond acceptors (Lipinski definition) is 5. The van der Waals surface area contributed by atoms with Gasteiger partial charge in [-0.25, -0.2) is 0 Å². The van der Waals surface area contributed by atoms with Crippen LogP contribution in [0.4, 0.5) is 5.69 Å². The average Bonchev–Trinajstić information content (AvgIpc) is 3.23. The summed E-state index contributed by atoms with van der Waals surface area (Å²) in [5, 5.41) is 12.4. The quantitative estimate of drug-likeness (QED) is 0.349. The predicted molar refractivity (Wildman–Crippen MR) is 135 cm³/mol. The molecule has 2 amide bonds. The van der Waals surface area contributed by atoms with Gasteiger partial charge in [-0.3, -0.25) is 14.2 Å². The summed E-state index contributed by atoms with van der Waals surface area (Å²) >= 11 is 7.37. The Morgan fingerprint density at radius 3 is 2.32 bits per heavy atom. The van der Waals surface area contributed by atoms with Crippen molar-refractivity contribution >= 4 is 40.9 Å². The summed E-state index contributed by atoms with van der Waals surface area (Å²) in [4.78, 5) is 24.1. The maximum Gasteiger partial charge on any atom is 0.248 e. The van der Waals surface area contributed by atoms with Gasteiger partial charge in [0.15, 0.2) is 11.0 Å². The minimum absolute atomic E-state index is 0.204. The van der Waals surface area contributed by atoms with Crippen LogP contribution in [0.1, 0.15) is 22.8 Å². The summed E-state index contributed by atoms with van der Waals surface area (Å²) in [5.74, 6) is -0.0684. The van der Waals surface area contributed by atoms with Crippen molar-refractivity contribution in [2.45, 2.75) is 24.3 Å². The second-order valence-electron chi connectivity index (χ2n) is 7.63. The van der Waals surface area contributed by atoms with E-state index in [4.69, 9.17) is 17.3 Å². The Hall–Kier alpha value is -3.62. The fourth-order valence-electron chi connectivity index (χ4n) is 3.34. The number of nitrogens with zero attached hydrogens (tertiary/aromatic N) is 3. The third kappa shape index (κ3) is 5.13. The number of anilines is 1. The van der Waals surface area contributed by atoms with Crippen LogP contribution in [0.25, 0.3) is 17.1 Å². The van der Waals surface area contributed by atoms with Crippen LogP contribution in [0.3, 0.4) is 0 Å². The molecule has 3 aromatic carbocycles. The van der Waals surface area contributed by atoms with E-state index in [-0.39, 0.29) is 5.91 Å². The van der Waals surface area contributed by atoms with E-state index in [1.165, 1.54) is 11.8 Å². The number of rotatable bonds is 7. The molecule has 7 nitrogen and oxygen atoms in total. The SMILES string of the molecule is Cc1ccccc1-n1c(S[C@H](C)C(=O)Nc2ccc(C(N)=O)cc2)nnc1-c1ccc(Cl)cc1. The van der Waals surface area contributed by atoms with Crippen LogP contribution < -0.4 is 11.1 Å². The zero-order valence-electron chi connectivity index (χ0n) is 18.5. The summed E-state index contributed by atoms with van der Waals surface area (Å²) in [5.41, 5.74) is 9.05. The van der Waals surface area contributed by atoms with Crippen molar-refractivity contribution in [1.82, 2.24) is 14.8 Å². The first kappa shape index (κ1) is 23.5. The first-order chi connectivity index (χ1) is 16.3. The van der Waals surface area contributed by atoms with Crippen LogP contribution in [-0.2, 0) is 4.79 Å². The summed E-state index contributed by atoms with van der Waals surface area (Å²) in [6.07, 6.45) is 0. The van der Waals surface area contributed by atoms with Gasteiger partial charge >= 0.3 is 0 Å². The lowest BCUT2D eigenvalue weighted by Crippen LogP contribution is -2.23. The fraction of sp³-hybridized carbons (Fsp3) is 0.120. The molecule has 1 heterocycles. The molecule has 0 fully saturated rings. The minimum atomic E-state index is -0.520. The van der Waals surface area contributed by atoms with Gasteiger partial charge in [0.1, 0.15) is 0 Å². The lowest BCUT2D eigenvalue weighted by atomic mass is 10.1. The smallest absolute Gasteiger partial charge is 0.248 e. The molecule has 1 aromatic heterocycles. The Kier molecular flexibility index (Phi) is 7.00. The summed E-state index contributed by atoms with van der Waals surface area (Å²) in [6.45, 7) is 3.82. The van der Waals surface area contributed by atoms with Crippen molar-refractivity contribution in [3.63, 3.8) is 0 Å². The highest BCUT2D eigenvalue weighted by Crippen LogP contribution is 2.32. The zero-order valence-corrected chi connectivity index (χ0v) is 20.1. The number of carbonyl (C=O) groups excluding carboxylic acids is 2. The van der Waals surface area contributed by atoms with E-state index in [1.807, 2.05) is 47.9 Å². The number of aryl methyl sites for hydroxylation is 1. The molecule has 0 bridgehead atoms. The molecule has 0 aliphatic heterocycles. The highest BCUT2D eigenvalue weighted by Gasteiger charge is 2.22. The number of amides is 2. The van der Waals surface area contributed by atoms with E-state index in [2.05, 4.69) is 15.5 Å². The topological polar surface area (TPSA) is 103 Å². The van der Waals surface area contributed by atoms with Gasteiger partial charge in [0.25, 0.3) is 0 Å². The predicted octanol–water partition coefficient (Wildman–Crippen LogP) is 5.11. The van der Waals surface area contributed by atoms with Crippen molar-refractivity contribution in [3.8, 4) is 17.1 Å². The first-order valence-corrected chi connectivity index (χ1v) is 11.7. The number of nitrogens with one attached hydrogen (secondary N) is 1. The number of thioether (sulfide) groups is 1. The molecule has 34 heavy (non-hydrogen) atoms. The first-order valence-electron chi connectivity index (χ1n) is 10.5. The minimum Gasteiger partial charge on any atom is -0.366 e. The number of halogens is 1. The van der Waals surface area contributed by atoms with Crippen molar-refractivity contribution in [2.24, 2.45) is 5.73 Å². The molecule has 0 aliphatic rings. The molecule has 3 N–H and O–H groups in total. The molecule has 0 radical (unpaired) electrons. The number of hydrogen-bond donors (Lipinski definition) is 2. The van der Waals surface area contributed by atoms with Gasteiger partial charge in [-0.05, 0) is 74.0 Å². The Bertz CT molecular complexity index is 1340. The molecule has 0 aliphatic carbocycles. The maximum absolute atomic E-state index is 12.9. The standard InChI is InChI=1S/C25H22ClN5O2S/c1-15-5-3-4-6-21(15)31-23(18-7-11-19(26)12-8-18)29-30-25(31)34-16(2)24(33)28-20-13-9-17(10-14-20)22(27)32/h3-14,16H,1-2H3,(H2,27,32)(H,28,33)/t16-/m1/s1. The molecule has 0 saturated carbocycles. The van der Waals surface area contributed by atoms with Gasteiger partial charge in [-0.1, -0.05) is 41.6 Å². The zero-order chi connectivity index (χ0) is 24.2. The molecule has 0 saturated heterocycles. The average molecular weight is 492 g/mol. The Morgan fingerprint density at radius 1 is 1.00 bits per heavy atom. The largest absolute Gasteiger partial charge is 0.366 e. The van der Waals surface area contributed by atoms with Crippen molar-refractivity contribution in [3.05, 3.63) is 88.9 Å². The number of benzene rings is 3. The molecule has 4 aromatic rings. The van der Waals surface area contributed by atoms with Crippen LogP contribution in [0.15, 0.2) is 78.0 Å². The highest BCUT2D eigenvalue weighted by molar-refractivity contribution is 8.00. The van der Waals surface area contributed by atoms with Gasteiger partial charge in [0.05, 0.1) is 10.9 Å². The number of carbonyl (C=O) groups is 2. The van der Waals surface area contributed by atoms with Crippen LogP contribution in [0.2, 0.25) is 5.02 Å². The fourth-order valence-corrected chi connectivity index (χ4v) is 4.32. The van der Waals surface area contributed by atoms with Gasteiger partial charge in [-0.2, -0.15) is 0 Å². The monoisotopic (exact) mass is 491 g/mol. The number of primary amides is 1. The maximum atomic E-state index is 12.9. The second kappa shape index (κ2) is 10.1. The lowest BCUT2D eigenvalue weighted by molar-refractivity contribution is -0.115. The molecule has 0 unspecified atom stereocenters. The molecule has 4 rings (SSSR count). The van der Waals surface area contributed by atoms with E-state index in [9.17, 15) is 9.59 Å². The van der Waals surface area contributed by atoms with Crippen molar-refractivity contribution < 1.29 is 9.59 Å². The lowest BCUT2D eigenvalue weighted by Gasteiger charge is -2.15. The van der Waals surface area contributed by atoms with E-state index in [0.29, 0.717) is 27.3 Å². The normalized spacial score (nSPS) is 11.7. The van der Waals surface area contributed by atoms with E-state index < -0.39 is 11.2 Å². The number of nitrogens with two attached hydrogens (primary N) is 1. The van der Waals surface area contributed by atoms with Crippen molar-refractivity contribution in [1.29, 1.82) is 0 Å². The van der Waals surface area contributed by atoms with E-state index in [1.54, 1.807) is 43.3 Å². The number of para-hydroxylation sites is 1. The third-order valence-corrected chi connectivity index (χ3v) is 6.48. The Morgan fingerprint density at radius 2 is 1.68 bits per heavy atom. The Labute approximate surface area is 206 Å². The number of aromatic nitrogens is 3. The third-order valence-electron chi connectivity index (χ3n) is 5.18. The van der Waals surface area contributed by atoms with Crippen LogP contribution in [0, 0.1) is 6.92 Å². The van der Waals surface area contributed by atoms with Crippen LogP contribution >= 0.6 is 23.4 Å². The molecular weight excluding hydrogens is 470 g/mol. The van der Waals surface area contributed by atoms with Gasteiger partial charge < -0.3 is 11.1 Å². The second-order valence-corrected chi connectivity index (χ2v) is 9.37. The van der Waals surface area contributed by atoms with Crippen LogP contribution in [0.5, 0.6) is 0 Å². The molecule has 9 heteroatoms. The highest BCUT2D eigenvalue weighted by atomic mass is 35.5. The van der Waals surface area contributed by atoms with Gasteiger partial charge in [-0.15, -0.1) is 10.2 Å². The molecule has 172 valence electrons. The molecule has 0 spiro atoms. The van der Waals surface area contributed by atoms with E-state index in [0.717, 1.165) is 16.8 Å². The summed E-state index contributed by atoms with van der Waals surface area (Å²) in [6, 6.07) is 21.8. The van der Waals surface area contributed by atoms with Crippen LogP contribution in [-0.4, -0.2) is 31.8 Å².